The second-order valence-corrected chi connectivity index (χ2v) is 5.33. The highest BCUT2D eigenvalue weighted by molar-refractivity contribution is 9.10. The molecule has 0 atom stereocenters. The van der Waals surface area contributed by atoms with Crippen LogP contribution < -0.4 is 0 Å². The number of rotatable bonds is 3. The predicted molar refractivity (Wildman–Crippen MR) is 73.6 cm³/mol. The number of alkyl halides is 3. The lowest BCUT2D eigenvalue weighted by molar-refractivity contribution is -0.138. The molecular formula is C15H9BrF4O. The average molecular weight is 361 g/mol. The summed E-state index contributed by atoms with van der Waals surface area (Å²) in [4.78, 5) is 12.1. The van der Waals surface area contributed by atoms with E-state index in [1.807, 2.05) is 0 Å². The molecule has 0 fully saturated rings. The van der Waals surface area contributed by atoms with E-state index in [1.54, 1.807) is 0 Å². The molecule has 0 amide bonds. The second kappa shape index (κ2) is 5.97. The van der Waals surface area contributed by atoms with Gasteiger partial charge in [0, 0.05) is 16.5 Å². The highest BCUT2D eigenvalue weighted by Crippen LogP contribution is 2.34. The number of hydrogen-bond acceptors (Lipinski definition) is 1. The predicted octanol–water partition coefficient (Wildman–Crippen LogP) is 5.03. The largest absolute Gasteiger partial charge is 0.417 e. The molecule has 0 heterocycles. The Kier molecular flexibility index (Phi) is 4.46. The van der Waals surface area contributed by atoms with E-state index in [0.29, 0.717) is 5.56 Å². The van der Waals surface area contributed by atoms with Crippen LogP contribution in [0.5, 0.6) is 0 Å². The molecule has 2 rings (SSSR count). The fraction of sp³-hybridized carbons (Fsp3) is 0.133. The molecule has 0 aliphatic heterocycles. The van der Waals surface area contributed by atoms with Crippen molar-refractivity contribution in [2.45, 2.75) is 12.6 Å². The summed E-state index contributed by atoms with van der Waals surface area (Å²) in [5.74, 6) is -1.24. The lowest BCUT2D eigenvalue weighted by Gasteiger charge is -2.12. The Bertz CT molecular complexity index is 680. The Morgan fingerprint density at radius 2 is 1.81 bits per heavy atom. The lowest BCUT2D eigenvalue weighted by Crippen LogP contribution is -2.14. The molecule has 0 aliphatic rings. The molecule has 0 saturated heterocycles. The minimum Gasteiger partial charge on any atom is -0.294 e. The summed E-state index contributed by atoms with van der Waals surface area (Å²) in [7, 11) is 0. The molecule has 0 N–H and O–H groups in total. The van der Waals surface area contributed by atoms with E-state index >= 15 is 0 Å². The van der Waals surface area contributed by atoms with Gasteiger partial charge in [0.1, 0.15) is 5.82 Å². The van der Waals surface area contributed by atoms with Crippen LogP contribution in [0.3, 0.4) is 0 Å². The minimum atomic E-state index is -4.63. The average Bonchev–Trinajstić information content (AvgIpc) is 2.37. The van der Waals surface area contributed by atoms with Crippen molar-refractivity contribution in [3.8, 4) is 0 Å². The number of carbonyl (C=O) groups excluding carboxylic acids is 1. The van der Waals surface area contributed by atoms with Crippen LogP contribution in [-0.4, -0.2) is 5.78 Å². The molecule has 0 radical (unpaired) electrons. The number of Topliss-reactive ketones (excluding diaryl/α,β-unsaturated/α-hetero) is 1. The third kappa shape index (κ3) is 3.91. The number of ketones is 1. The Hall–Kier alpha value is -1.69. The van der Waals surface area contributed by atoms with Gasteiger partial charge in [-0.05, 0) is 35.9 Å². The number of halogens is 5. The Balaban J connectivity index is 2.35. The second-order valence-electron chi connectivity index (χ2n) is 4.42. The zero-order valence-corrected chi connectivity index (χ0v) is 12.1. The fourth-order valence-corrected chi connectivity index (χ4v) is 2.28. The van der Waals surface area contributed by atoms with Crippen LogP contribution in [0.15, 0.2) is 46.9 Å². The van der Waals surface area contributed by atoms with Gasteiger partial charge in [-0.3, -0.25) is 4.79 Å². The molecule has 2 aromatic carbocycles. The van der Waals surface area contributed by atoms with Crippen molar-refractivity contribution in [2.24, 2.45) is 0 Å². The van der Waals surface area contributed by atoms with E-state index < -0.39 is 28.9 Å². The first-order chi connectivity index (χ1) is 9.77. The zero-order valence-electron chi connectivity index (χ0n) is 10.5. The van der Waals surface area contributed by atoms with E-state index in [1.165, 1.54) is 24.3 Å². The smallest absolute Gasteiger partial charge is 0.294 e. The van der Waals surface area contributed by atoms with Crippen molar-refractivity contribution in [1.82, 2.24) is 0 Å². The Morgan fingerprint density at radius 3 is 2.43 bits per heavy atom. The molecular weight excluding hydrogens is 352 g/mol. The minimum absolute atomic E-state index is 0.233. The lowest BCUT2D eigenvalue weighted by atomic mass is 9.98. The first-order valence-electron chi connectivity index (χ1n) is 5.92. The zero-order chi connectivity index (χ0) is 15.6. The summed E-state index contributed by atoms with van der Waals surface area (Å²) in [5, 5.41) is 0. The maximum atomic E-state index is 13.0. The molecule has 1 nitrogen and oxygen atoms in total. The molecule has 0 spiro atoms. The van der Waals surface area contributed by atoms with Gasteiger partial charge in [0.05, 0.1) is 5.56 Å². The Morgan fingerprint density at radius 1 is 1.10 bits per heavy atom. The van der Waals surface area contributed by atoms with Gasteiger partial charge in [-0.25, -0.2) is 4.39 Å². The van der Waals surface area contributed by atoms with Crippen molar-refractivity contribution < 1.29 is 22.4 Å². The van der Waals surface area contributed by atoms with Crippen LogP contribution in [0.25, 0.3) is 0 Å². The van der Waals surface area contributed by atoms with Crippen molar-refractivity contribution >= 4 is 21.7 Å². The third-order valence-corrected chi connectivity index (χ3v) is 3.33. The fourth-order valence-electron chi connectivity index (χ4n) is 1.92. The monoisotopic (exact) mass is 360 g/mol. The van der Waals surface area contributed by atoms with Crippen LogP contribution in [0, 0.1) is 5.82 Å². The van der Waals surface area contributed by atoms with Crippen molar-refractivity contribution in [2.75, 3.05) is 0 Å². The van der Waals surface area contributed by atoms with Crippen molar-refractivity contribution in [3.05, 3.63) is 69.4 Å². The molecule has 0 bridgehead atoms. The summed E-state index contributed by atoms with van der Waals surface area (Å²) in [6.45, 7) is 0. The van der Waals surface area contributed by atoms with Gasteiger partial charge in [-0.15, -0.1) is 0 Å². The van der Waals surface area contributed by atoms with Gasteiger partial charge in [0.25, 0.3) is 0 Å². The van der Waals surface area contributed by atoms with Crippen molar-refractivity contribution in [1.29, 1.82) is 0 Å². The van der Waals surface area contributed by atoms with E-state index in [4.69, 9.17) is 0 Å². The maximum Gasteiger partial charge on any atom is 0.417 e. The first-order valence-corrected chi connectivity index (χ1v) is 6.71. The molecule has 0 saturated carbocycles. The van der Waals surface area contributed by atoms with Gasteiger partial charge < -0.3 is 0 Å². The van der Waals surface area contributed by atoms with Crippen LogP contribution >= 0.6 is 15.9 Å². The third-order valence-electron chi connectivity index (χ3n) is 2.84. The molecule has 0 unspecified atom stereocenters. The van der Waals surface area contributed by atoms with E-state index in [-0.39, 0.29) is 10.9 Å². The summed E-state index contributed by atoms with van der Waals surface area (Å²) in [6, 6.07) is 8.58. The summed E-state index contributed by atoms with van der Waals surface area (Å²) >= 11 is 2.95. The molecule has 6 heteroatoms. The molecule has 0 aromatic heterocycles. The van der Waals surface area contributed by atoms with Crippen LogP contribution in [0.2, 0.25) is 0 Å². The van der Waals surface area contributed by atoms with Gasteiger partial charge >= 0.3 is 6.18 Å². The number of benzene rings is 2. The molecule has 21 heavy (non-hydrogen) atoms. The SMILES string of the molecule is O=C(Cc1cccc(F)c1)c1ccc(Br)cc1C(F)(F)F. The summed E-state index contributed by atoms with van der Waals surface area (Å²) in [6.07, 6.45) is -4.92. The van der Waals surface area contributed by atoms with Gasteiger partial charge in [0.2, 0.25) is 0 Å². The summed E-state index contributed by atoms with van der Waals surface area (Å²) < 4.78 is 52.2. The quantitative estimate of drug-likeness (QED) is 0.554. The molecule has 110 valence electrons. The highest BCUT2D eigenvalue weighted by atomic mass is 79.9. The van der Waals surface area contributed by atoms with E-state index in [0.717, 1.165) is 18.2 Å². The number of hydrogen-bond donors (Lipinski definition) is 0. The van der Waals surface area contributed by atoms with Crippen LogP contribution in [0.4, 0.5) is 17.6 Å². The van der Waals surface area contributed by atoms with E-state index in [9.17, 15) is 22.4 Å². The van der Waals surface area contributed by atoms with E-state index in [2.05, 4.69) is 15.9 Å². The normalized spacial score (nSPS) is 11.5. The Labute approximate surface area is 126 Å². The number of carbonyl (C=O) groups is 1. The standard InChI is InChI=1S/C15H9BrF4O/c16-10-4-5-12(13(8-10)15(18,19)20)14(21)7-9-2-1-3-11(17)6-9/h1-6,8H,7H2. The van der Waals surface area contributed by atoms with Crippen molar-refractivity contribution in [3.63, 3.8) is 0 Å². The maximum absolute atomic E-state index is 13.0. The van der Waals surface area contributed by atoms with Gasteiger partial charge in [-0.2, -0.15) is 13.2 Å². The molecule has 2 aromatic rings. The topological polar surface area (TPSA) is 17.1 Å². The van der Waals surface area contributed by atoms with Gasteiger partial charge in [-0.1, -0.05) is 28.1 Å². The van der Waals surface area contributed by atoms with Crippen LogP contribution in [0.1, 0.15) is 21.5 Å². The first kappa shape index (κ1) is 15.7. The highest BCUT2D eigenvalue weighted by Gasteiger charge is 2.35. The summed E-state index contributed by atoms with van der Waals surface area (Å²) in [5.41, 5.74) is -1.09. The van der Waals surface area contributed by atoms with Crippen LogP contribution in [-0.2, 0) is 12.6 Å². The van der Waals surface area contributed by atoms with Gasteiger partial charge in [0.15, 0.2) is 5.78 Å². The molecule has 0 aliphatic carbocycles.